The van der Waals surface area contributed by atoms with Crippen molar-refractivity contribution >= 4 is 66.7 Å². The third-order valence-corrected chi connectivity index (χ3v) is 11.3. The minimum atomic E-state index is -0.669. The predicted octanol–water partition coefficient (Wildman–Crippen LogP) is 11.9. The van der Waals surface area contributed by atoms with Gasteiger partial charge in [-0.2, -0.15) is 0 Å². The summed E-state index contributed by atoms with van der Waals surface area (Å²) in [4.78, 5) is 0. The number of benzene rings is 9. The highest BCUT2D eigenvalue weighted by Crippen LogP contribution is 2.47. The van der Waals surface area contributed by atoms with Gasteiger partial charge in [0.1, 0.15) is 23.0 Å². The molecule has 0 unspecified atom stereocenters. The van der Waals surface area contributed by atoms with E-state index in [-0.39, 0.29) is 55.0 Å². The molecule has 0 radical (unpaired) electrons. The third-order valence-electron chi connectivity index (χ3n) is 11.3. The van der Waals surface area contributed by atoms with Gasteiger partial charge in [0.15, 0.2) is 0 Å². The molecule has 4 heterocycles. The second-order valence-corrected chi connectivity index (χ2v) is 14.4. The fraction of sp³-hybridized carbons (Fsp3) is 0. The summed E-state index contributed by atoms with van der Waals surface area (Å²) in [5.74, 6) is 1.48. The number of rotatable bonds is 4. The highest BCUT2D eigenvalue weighted by Gasteiger charge is 2.43. The number of aromatic nitrogens is 2. The quantitative estimate of drug-likeness (QED) is 0.167. The van der Waals surface area contributed by atoms with Gasteiger partial charge in [0.2, 0.25) is 0 Å². The Morgan fingerprint density at radius 1 is 0.407 bits per heavy atom. The molecule has 59 heavy (non-hydrogen) atoms. The van der Waals surface area contributed by atoms with E-state index in [2.05, 4.69) is 0 Å². The molecule has 274 valence electrons. The Morgan fingerprint density at radius 3 is 1.17 bits per heavy atom. The summed E-state index contributed by atoms with van der Waals surface area (Å²) in [6, 6.07) is 23.5. The lowest BCUT2D eigenvalue weighted by molar-refractivity contribution is 0.466. The molecule has 2 aliphatic heterocycles. The Hall–Kier alpha value is -7.76. The van der Waals surface area contributed by atoms with Crippen LogP contribution in [0.25, 0.3) is 77.2 Å². The molecule has 0 atom stereocenters. The summed E-state index contributed by atoms with van der Waals surface area (Å²) < 4.78 is 159. The van der Waals surface area contributed by atoms with Crippen molar-refractivity contribution in [2.24, 2.45) is 0 Å². The van der Waals surface area contributed by atoms with Gasteiger partial charge in [-0.3, -0.25) is 0 Å². The van der Waals surface area contributed by atoms with Crippen molar-refractivity contribution in [1.29, 1.82) is 0 Å². The fourth-order valence-corrected chi connectivity index (χ4v) is 8.85. The van der Waals surface area contributed by atoms with E-state index in [1.807, 2.05) is 66.7 Å². The Kier molecular flexibility index (Phi) is 4.32. The van der Waals surface area contributed by atoms with Crippen LogP contribution in [-0.4, -0.2) is 15.8 Å². The molecule has 0 saturated heterocycles. The molecule has 2 aliphatic rings. The zero-order valence-corrected chi connectivity index (χ0v) is 30.6. The molecular formula is C54H33BN2O2. The minimum absolute atomic E-state index is 0.0531. The molecule has 0 fully saturated rings. The van der Waals surface area contributed by atoms with Crippen molar-refractivity contribution in [3.05, 3.63) is 200 Å². The Morgan fingerprint density at radius 2 is 0.780 bits per heavy atom. The molecule has 0 spiro atoms. The number of nitrogens with zero attached hydrogens (tertiary/aromatic N) is 2. The zero-order valence-electron chi connectivity index (χ0n) is 46.6. The third kappa shape index (κ3) is 4.67. The average Bonchev–Trinajstić information content (AvgIpc) is 4.00. The Bertz CT molecular complexity index is 4020. The van der Waals surface area contributed by atoms with E-state index in [0.29, 0.717) is 50.5 Å². The van der Waals surface area contributed by atoms with Crippen molar-refractivity contribution in [3.8, 4) is 56.6 Å². The van der Waals surface area contributed by atoms with E-state index >= 15 is 0 Å². The number of ether oxygens (including phenoxy) is 2. The van der Waals surface area contributed by atoms with E-state index in [1.165, 1.54) is 9.13 Å². The smallest absolute Gasteiger partial charge is 0.260 e. The van der Waals surface area contributed by atoms with Crippen LogP contribution >= 0.6 is 0 Å². The van der Waals surface area contributed by atoms with Crippen molar-refractivity contribution in [1.82, 2.24) is 9.13 Å². The van der Waals surface area contributed by atoms with Gasteiger partial charge in [-0.15, -0.1) is 0 Å². The van der Waals surface area contributed by atoms with E-state index in [0.717, 1.165) is 11.1 Å². The first-order chi connectivity index (χ1) is 35.9. The van der Waals surface area contributed by atoms with Crippen molar-refractivity contribution in [3.63, 3.8) is 0 Å². The molecule has 0 N–H and O–H groups in total. The van der Waals surface area contributed by atoms with Gasteiger partial charge in [0, 0.05) is 61.6 Å². The number of hydrogen-bond donors (Lipinski definition) is 0. The van der Waals surface area contributed by atoms with E-state index in [1.54, 1.807) is 36.4 Å². The maximum atomic E-state index is 9.16. The van der Waals surface area contributed by atoms with Gasteiger partial charge < -0.3 is 18.6 Å². The molecule has 9 aromatic carbocycles. The molecule has 11 aromatic rings. The van der Waals surface area contributed by atoms with Gasteiger partial charge >= 0.3 is 0 Å². The maximum absolute atomic E-state index is 9.16. The lowest BCUT2D eigenvalue weighted by Gasteiger charge is -2.36. The molecule has 0 amide bonds. The first-order valence-corrected chi connectivity index (χ1v) is 18.9. The van der Waals surface area contributed by atoms with Crippen LogP contribution in [0.4, 0.5) is 0 Å². The highest BCUT2D eigenvalue weighted by molar-refractivity contribution is 6.98. The molecule has 5 heteroatoms. The summed E-state index contributed by atoms with van der Waals surface area (Å²) >= 11 is 0. The van der Waals surface area contributed by atoms with Crippen LogP contribution in [0.15, 0.2) is 200 Å². The number of para-hydroxylation sites is 4. The second kappa shape index (κ2) is 12.4. The standard InChI is InChI=1S/C54H33BN2O2/c1-3-15-34(16-4-1)42-33-43(35-17-5-2-6-18-35)54-52-53(42)58-50-31-36(56-46-23-11-7-19-38(46)39-20-8-12-24-47(39)56)27-29-44(50)55(52)45-30-28-37(32-51(45)59-54)57-48-25-13-9-21-40(48)41-22-10-14-26-49(41)57/h1-33H/i7D,8D,9D,10D,11D,12D,13D,14D,19D,20D,21D,22D,23D,24D,25D,26D. The van der Waals surface area contributed by atoms with E-state index in [4.69, 9.17) is 31.4 Å². The molecule has 0 aliphatic carbocycles. The SMILES string of the molecule is [2H]c1c([2H])c([2H])c2c(c1[2H])c1c([2H])c([2H])c([2H])c([2H])c1n2-c1ccc2c(c1)Oc1c(-c3ccccc3)cc(-c3ccccc3)c3c1B2c1ccc(-n2c4c([2H])c([2H])c([2H])c([2H])c4c4c([2H])c([2H])c([2H])c([2H])c42)cc1O3. The van der Waals surface area contributed by atoms with Crippen LogP contribution < -0.4 is 25.9 Å². The summed E-state index contributed by atoms with van der Waals surface area (Å²) in [6.07, 6.45) is 0. The largest absolute Gasteiger partial charge is 0.458 e. The molecular weight excluding hydrogens is 719 g/mol. The van der Waals surface area contributed by atoms with Crippen molar-refractivity contribution in [2.75, 3.05) is 0 Å². The lowest BCUT2D eigenvalue weighted by atomic mass is 9.34. The first-order valence-electron chi connectivity index (χ1n) is 26.9. The minimum Gasteiger partial charge on any atom is -0.458 e. The summed E-state index contributed by atoms with van der Waals surface area (Å²) in [7, 11) is 0. The van der Waals surface area contributed by atoms with Crippen LogP contribution in [0.3, 0.4) is 0 Å². The monoisotopic (exact) mass is 768 g/mol. The molecule has 4 nitrogen and oxygen atoms in total. The van der Waals surface area contributed by atoms with Crippen LogP contribution in [0.2, 0.25) is 0 Å². The van der Waals surface area contributed by atoms with Crippen LogP contribution in [0.1, 0.15) is 21.9 Å². The van der Waals surface area contributed by atoms with Gasteiger partial charge in [0.05, 0.1) is 44.0 Å². The summed E-state index contributed by atoms with van der Waals surface area (Å²) in [5.41, 5.74) is 5.27. The van der Waals surface area contributed by atoms with Crippen molar-refractivity contribution < 1.29 is 31.4 Å². The highest BCUT2D eigenvalue weighted by atomic mass is 16.5. The molecule has 13 rings (SSSR count). The molecule has 0 saturated carbocycles. The van der Waals surface area contributed by atoms with E-state index in [9.17, 15) is 0 Å². The van der Waals surface area contributed by atoms with E-state index < -0.39 is 103 Å². The van der Waals surface area contributed by atoms with Crippen LogP contribution in [0.5, 0.6) is 23.0 Å². The van der Waals surface area contributed by atoms with Crippen LogP contribution in [0, 0.1) is 0 Å². The van der Waals surface area contributed by atoms with Crippen molar-refractivity contribution in [2.45, 2.75) is 0 Å². The summed E-state index contributed by atoms with van der Waals surface area (Å²) in [5, 5.41) is -0.278. The Labute approximate surface area is 363 Å². The first kappa shape index (κ1) is 20.6. The normalized spacial score (nSPS) is 16.4. The Balaban J connectivity index is 1.12. The van der Waals surface area contributed by atoms with Gasteiger partial charge in [-0.1, -0.05) is 145 Å². The zero-order chi connectivity index (χ0) is 52.5. The summed E-state index contributed by atoms with van der Waals surface area (Å²) in [6.45, 7) is -0.669. The average molecular weight is 769 g/mol. The lowest BCUT2D eigenvalue weighted by Crippen LogP contribution is -2.57. The predicted molar refractivity (Wildman–Crippen MR) is 244 cm³/mol. The van der Waals surface area contributed by atoms with Crippen LogP contribution in [-0.2, 0) is 0 Å². The number of hydrogen-bond acceptors (Lipinski definition) is 2. The van der Waals surface area contributed by atoms with Gasteiger partial charge in [0.25, 0.3) is 6.71 Å². The maximum Gasteiger partial charge on any atom is 0.260 e. The second-order valence-electron chi connectivity index (χ2n) is 14.4. The number of fused-ring (bicyclic) bond motifs is 10. The van der Waals surface area contributed by atoms with Gasteiger partial charge in [-0.05, 0) is 64.4 Å². The topological polar surface area (TPSA) is 28.3 Å². The van der Waals surface area contributed by atoms with Gasteiger partial charge in [-0.25, -0.2) is 0 Å². The fourth-order valence-electron chi connectivity index (χ4n) is 8.85. The molecule has 2 aromatic heterocycles. The molecule has 0 bridgehead atoms.